The van der Waals surface area contributed by atoms with Gasteiger partial charge in [-0.15, -0.1) is 0 Å². The molecule has 0 radical (unpaired) electrons. The molecule has 0 saturated carbocycles. The van der Waals surface area contributed by atoms with Crippen LogP contribution in [0.2, 0.25) is 5.02 Å². The number of aliphatic hydroxyl groups excluding tert-OH is 1. The minimum atomic E-state index is -0.0243. The second-order valence-corrected chi connectivity index (χ2v) is 8.36. The Morgan fingerprint density at radius 3 is 1.84 bits per heavy atom. The lowest BCUT2D eigenvalue weighted by molar-refractivity contribution is 0.300. The van der Waals surface area contributed by atoms with Crippen LogP contribution in [0.15, 0.2) is 109 Å². The van der Waals surface area contributed by atoms with Gasteiger partial charge in [-0.2, -0.15) is 0 Å². The van der Waals surface area contributed by atoms with Crippen molar-refractivity contribution in [2.45, 2.75) is 12.5 Å². The van der Waals surface area contributed by atoms with Gasteiger partial charge in [-0.1, -0.05) is 103 Å². The van der Waals surface area contributed by atoms with Gasteiger partial charge in [0.05, 0.1) is 11.7 Å². The Morgan fingerprint density at radius 2 is 1.28 bits per heavy atom. The molecule has 0 bridgehead atoms. The summed E-state index contributed by atoms with van der Waals surface area (Å²) in [5.74, 6) is 0. The maximum atomic E-state index is 9.96. The van der Waals surface area contributed by atoms with Crippen molar-refractivity contribution in [3.05, 3.63) is 131 Å². The zero-order valence-electron chi connectivity index (χ0n) is 17.7. The van der Waals surface area contributed by atoms with Gasteiger partial charge in [-0.25, -0.2) is 0 Å². The molecule has 0 unspecified atom stereocenters. The van der Waals surface area contributed by atoms with Crippen molar-refractivity contribution in [2.24, 2.45) is 0 Å². The van der Waals surface area contributed by atoms with Gasteiger partial charge in [0.25, 0.3) is 0 Å². The molecule has 3 heteroatoms. The third kappa shape index (κ3) is 3.73. The Morgan fingerprint density at radius 1 is 0.719 bits per heavy atom. The average Bonchev–Trinajstić information content (AvgIpc) is 3.14. The quantitative estimate of drug-likeness (QED) is 0.300. The summed E-state index contributed by atoms with van der Waals surface area (Å²) in [5.41, 5.74) is 6.88. The molecule has 0 spiro atoms. The highest BCUT2D eigenvalue weighted by molar-refractivity contribution is 6.31. The smallest absolute Gasteiger partial charge is 0.0845 e. The van der Waals surface area contributed by atoms with Crippen LogP contribution in [0.25, 0.3) is 22.2 Å². The van der Waals surface area contributed by atoms with Crippen molar-refractivity contribution in [3.8, 4) is 11.3 Å². The summed E-state index contributed by atoms with van der Waals surface area (Å²) in [6.07, 6.45) is 0.560. The maximum Gasteiger partial charge on any atom is 0.0845 e. The van der Waals surface area contributed by atoms with Crippen LogP contribution in [0.4, 0.5) is 0 Å². The Balaban J connectivity index is 1.91. The first-order valence-electron chi connectivity index (χ1n) is 10.9. The lowest BCUT2D eigenvalue weighted by Gasteiger charge is -2.25. The highest BCUT2D eigenvalue weighted by atomic mass is 35.5. The van der Waals surface area contributed by atoms with Gasteiger partial charge in [-0.05, 0) is 46.9 Å². The van der Waals surface area contributed by atoms with Gasteiger partial charge in [0.15, 0.2) is 0 Å². The SMILES string of the molecule is OCCc1c(-c2ccccc2)n(C(c2ccccc2)c2ccccc2)c2ccc(Cl)cc12. The number of benzene rings is 4. The molecular weight excluding hydrogens is 414 g/mol. The molecule has 4 aromatic carbocycles. The van der Waals surface area contributed by atoms with E-state index in [-0.39, 0.29) is 12.6 Å². The predicted octanol–water partition coefficient (Wildman–Crippen LogP) is 7.13. The molecule has 0 saturated heterocycles. The molecule has 1 aromatic heterocycles. The molecule has 1 N–H and O–H groups in total. The normalized spacial score (nSPS) is 11.3. The monoisotopic (exact) mass is 437 g/mol. The third-order valence-electron chi connectivity index (χ3n) is 5.97. The van der Waals surface area contributed by atoms with Crippen molar-refractivity contribution in [2.75, 3.05) is 6.61 Å². The van der Waals surface area contributed by atoms with E-state index in [1.165, 1.54) is 11.1 Å². The Labute approximate surface area is 193 Å². The number of aromatic nitrogens is 1. The lowest BCUT2D eigenvalue weighted by Crippen LogP contribution is -2.14. The zero-order valence-corrected chi connectivity index (χ0v) is 18.4. The van der Waals surface area contributed by atoms with Crippen LogP contribution in [-0.4, -0.2) is 16.3 Å². The van der Waals surface area contributed by atoms with E-state index in [1.54, 1.807) is 0 Å². The van der Waals surface area contributed by atoms with E-state index in [1.807, 2.05) is 30.3 Å². The number of nitrogens with zero attached hydrogens (tertiary/aromatic N) is 1. The van der Waals surface area contributed by atoms with E-state index in [0.717, 1.165) is 27.7 Å². The highest BCUT2D eigenvalue weighted by Gasteiger charge is 2.26. The maximum absolute atomic E-state index is 9.96. The highest BCUT2D eigenvalue weighted by Crippen LogP contribution is 2.41. The number of fused-ring (bicyclic) bond motifs is 1. The number of aliphatic hydroxyl groups is 1. The van der Waals surface area contributed by atoms with Crippen LogP contribution >= 0.6 is 11.6 Å². The summed E-state index contributed by atoms with van der Waals surface area (Å²) >= 11 is 6.44. The summed E-state index contributed by atoms with van der Waals surface area (Å²) in [6, 6.07) is 37.7. The molecular formula is C29H24ClNO. The molecule has 0 aliphatic heterocycles. The van der Waals surface area contributed by atoms with Crippen molar-refractivity contribution >= 4 is 22.5 Å². The first-order valence-corrected chi connectivity index (χ1v) is 11.2. The summed E-state index contributed by atoms with van der Waals surface area (Å²) in [6.45, 7) is 0.0762. The van der Waals surface area contributed by atoms with Gasteiger partial charge < -0.3 is 9.67 Å². The van der Waals surface area contributed by atoms with Gasteiger partial charge in [0, 0.05) is 22.5 Å². The first kappa shape index (κ1) is 20.6. The number of hydrogen-bond acceptors (Lipinski definition) is 1. The molecule has 0 aliphatic carbocycles. The van der Waals surface area contributed by atoms with Crippen LogP contribution in [-0.2, 0) is 6.42 Å². The second kappa shape index (κ2) is 9.04. The molecule has 2 nitrogen and oxygen atoms in total. The fourth-order valence-corrected chi connectivity index (χ4v) is 4.83. The fraction of sp³-hybridized carbons (Fsp3) is 0.103. The molecule has 0 fully saturated rings. The van der Waals surface area contributed by atoms with Crippen molar-refractivity contribution in [1.82, 2.24) is 4.57 Å². The second-order valence-electron chi connectivity index (χ2n) is 7.92. The van der Waals surface area contributed by atoms with E-state index in [9.17, 15) is 5.11 Å². The minimum Gasteiger partial charge on any atom is -0.396 e. The van der Waals surface area contributed by atoms with Crippen molar-refractivity contribution < 1.29 is 5.11 Å². The number of halogens is 1. The molecule has 0 atom stereocenters. The molecule has 1 heterocycles. The lowest BCUT2D eigenvalue weighted by atomic mass is 9.97. The third-order valence-corrected chi connectivity index (χ3v) is 6.20. The van der Waals surface area contributed by atoms with E-state index >= 15 is 0 Å². The van der Waals surface area contributed by atoms with Crippen molar-refractivity contribution in [3.63, 3.8) is 0 Å². The van der Waals surface area contributed by atoms with Crippen molar-refractivity contribution in [1.29, 1.82) is 0 Å². The Bertz CT molecular complexity index is 1290. The summed E-state index contributed by atoms with van der Waals surface area (Å²) in [7, 11) is 0. The standard InChI is InChI=1S/C29H24ClNO/c30-24-16-17-27-26(20-24)25(18-19-32)29(23-14-8-3-9-15-23)31(27)28(21-10-4-1-5-11-21)22-12-6-2-7-13-22/h1-17,20,28,32H,18-19H2. The molecule has 0 aliphatic rings. The van der Waals surface area contributed by atoms with Crippen LogP contribution < -0.4 is 0 Å². The predicted molar refractivity (Wildman–Crippen MR) is 133 cm³/mol. The van der Waals surface area contributed by atoms with E-state index in [0.29, 0.717) is 11.4 Å². The molecule has 5 rings (SSSR count). The van der Waals surface area contributed by atoms with Crippen LogP contribution in [0.5, 0.6) is 0 Å². The van der Waals surface area contributed by atoms with Gasteiger partial charge in [0.1, 0.15) is 0 Å². The Hall–Kier alpha value is -3.33. The average molecular weight is 438 g/mol. The van der Waals surface area contributed by atoms with Gasteiger partial charge >= 0.3 is 0 Å². The number of rotatable bonds is 6. The van der Waals surface area contributed by atoms with E-state index in [4.69, 9.17) is 11.6 Å². The van der Waals surface area contributed by atoms with E-state index < -0.39 is 0 Å². The molecule has 158 valence electrons. The molecule has 0 amide bonds. The van der Waals surface area contributed by atoms with Gasteiger partial charge in [-0.3, -0.25) is 0 Å². The molecule has 32 heavy (non-hydrogen) atoms. The summed E-state index contributed by atoms with van der Waals surface area (Å²) < 4.78 is 2.41. The largest absolute Gasteiger partial charge is 0.396 e. The van der Waals surface area contributed by atoms with Crippen LogP contribution in [0, 0.1) is 0 Å². The first-order chi connectivity index (χ1) is 15.8. The zero-order chi connectivity index (χ0) is 21.9. The van der Waals surface area contributed by atoms with Crippen LogP contribution in [0.3, 0.4) is 0 Å². The van der Waals surface area contributed by atoms with Crippen LogP contribution in [0.1, 0.15) is 22.7 Å². The molecule has 5 aromatic rings. The van der Waals surface area contributed by atoms with Gasteiger partial charge in [0.2, 0.25) is 0 Å². The summed E-state index contributed by atoms with van der Waals surface area (Å²) in [4.78, 5) is 0. The number of hydrogen-bond donors (Lipinski definition) is 1. The van der Waals surface area contributed by atoms with E-state index in [2.05, 4.69) is 83.4 Å². The fourth-order valence-electron chi connectivity index (χ4n) is 4.66. The summed E-state index contributed by atoms with van der Waals surface area (Å²) in [5, 5.41) is 11.7. The topological polar surface area (TPSA) is 25.2 Å². The Kier molecular flexibility index (Phi) is 5.81. The minimum absolute atomic E-state index is 0.0243.